The highest BCUT2D eigenvalue weighted by Crippen LogP contribution is 2.37. The van der Waals surface area contributed by atoms with Gasteiger partial charge < -0.3 is 10.1 Å². The maximum absolute atomic E-state index is 15.9. The predicted molar refractivity (Wildman–Crippen MR) is 188 cm³/mol. The number of aromatic nitrogens is 2. The fourth-order valence-electron chi connectivity index (χ4n) is 5.69. The number of sulfonamides is 1. The molecule has 54 heavy (non-hydrogen) atoms. The normalized spacial score (nSPS) is 11.6. The Bertz CT molecular complexity index is 2370. The summed E-state index contributed by atoms with van der Waals surface area (Å²) in [6, 6.07) is 18.9. The largest absolute Gasteiger partial charge is 0.418 e. The van der Waals surface area contributed by atoms with Gasteiger partial charge in [0.25, 0.3) is 15.9 Å². The Morgan fingerprint density at radius 1 is 0.944 bits per heavy atom. The van der Waals surface area contributed by atoms with Crippen LogP contribution in [0.5, 0.6) is 0 Å². The van der Waals surface area contributed by atoms with Crippen LogP contribution in [0.1, 0.15) is 58.7 Å². The summed E-state index contributed by atoms with van der Waals surface area (Å²) < 4.78 is 107. The number of hydrogen-bond acceptors (Lipinski definition) is 7. The quantitative estimate of drug-likeness (QED) is 0.119. The number of carbonyl (C=O) groups is 2. The average molecular weight is 766 g/mol. The number of anilines is 1. The molecule has 5 aromatic rings. The van der Waals surface area contributed by atoms with Crippen molar-refractivity contribution in [2.45, 2.75) is 44.2 Å². The molecule has 10 nitrogen and oxygen atoms in total. The lowest BCUT2D eigenvalue weighted by Gasteiger charge is -2.16. The smallest absolute Gasteiger partial charge is 0.372 e. The maximum atomic E-state index is 15.9. The molecule has 280 valence electrons. The van der Waals surface area contributed by atoms with Gasteiger partial charge in [0.1, 0.15) is 30.0 Å². The first-order valence-corrected chi connectivity index (χ1v) is 18.0. The molecular weight excluding hydrogens is 734 g/mol. The zero-order valence-corrected chi connectivity index (χ0v) is 29.6. The fraction of sp³-hybridized carbons (Fsp3) is 0.211. The van der Waals surface area contributed by atoms with Gasteiger partial charge in [-0.3, -0.25) is 9.59 Å². The first-order valence-electron chi connectivity index (χ1n) is 16.5. The van der Waals surface area contributed by atoms with Crippen LogP contribution in [0.4, 0.5) is 27.6 Å². The third-order valence-electron chi connectivity index (χ3n) is 8.17. The number of halogens is 5. The van der Waals surface area contributed by atoms with Gasteiger partial charge >= 0.3 is 6.18 Å². The third-order valence-corrected chi connectivity index (χ3v) is 9.55. The molecule has 0 fully saturated rings. The summed E-state index contributed by atoms with van der Waals surface area (Å²) in [5, 5.41) is 17.1. The van der Waals surface area contributed by atoms with Crippen LogP contribution in [0.3, 0.4) is 0 Å². The van der Waals surface area contributed by atoms with Gasteiger partial charge in [0.05, 0.1) is 27.4 Å². The van der Waals surface area contributed by atoms with Crippen molar-refractivity contribution < 1.29 is 44.7 Å². The van der Waals surface area contributed by atoms with Crippen molar-refractivity contribution in [3.05, 3.63) is 130 Å². The fourth-order valence-corrected chi connectivity index (χ4v) is 6.89. The molecule has 5 rings (SSSR count). The topological polar surface area (TPSA) is 143 Å². The van der Waals surface area contributed by atoms with Crippen LogP contribution in [-0.2, 0) is 38.6 Å². The van der Waals surface area contributed by atoms with E-state index in [0.29, 0.717) is 6.42 Å². The molecular formula is C38H32F5N5O5S. The lowest BCUT2D eigenvalue weighted by molar-refractivity contribution is -0.137. The molecule has 0 bridgehead atoms. The number of aryl methyl sites for hydroxylation is 1. The average Bonchev–Trinajstić information content (AvgIpc) is 3.47. The molecule has 4 aromatic carbocycles. The second kappa shape index (κ2) is 16.4. The van der Waals surface area contributed by atoms with Crippen LogP contribution in [0.2, 0.25) is 0 Å². The first kappa shape index (κ1) is 39.3. The zero-order valence-electron chi connectivity index (χ0n) is 28.8. The minimum absolute atomic E-state index is 0.00333. The summed E-state index contributed by atoms with van der Waals surface area (Å²) in [4.78, 5) is 24.5. The summed E-state index contributed by atoms with van der Waals surface area (Å²) in [6.07, 6.45) is -4.43. The van der Waals surface area contributed by atoms with E-state index in [1.54, 1.807) is 13.8 Å². The standard InChI is InChI=1S/C38H32F5N5O5S/c1-3-9-32-28(34(21-44)48(46-32)33-20-25(45-36(49)22-53-4-2)16-17-29(33)38(41,42)43)18-24-15-14-23(19-31(24)40)26-10-6-8-13-35(26)54(51,52)47-37(50)27-11-5-7-12-30(27)39/h5-8,10-17,19-20H,3-4,9,18,22H2,1-2H3,(H,45,49)(H,47,50). The van der Waals surface area contributed by atoms with Gasteiger partial charge in [0.15, 0.2) is 0 Å². The summed E-state index contributed by atoms with van der Waals surface area (Å²) >= 11 is 0. The number of amides is 2. The number of nitrogens with one attached hydrogen (secondary N) is 2. The van der Waals surface area contributed by atoms with Gasteiger partial charge in [-0.1, -0.05) is 55.8 Å². The van der Waals surface area contributed by atoms with Crippen LogP contribution in [-0.4, -0.2) is 43.2 Å². The van der Waals surface area contributed by atoms with Crippen LogP contribution in [0.15, 0.2) is 89.8 Å². The Kier molecular flexibility index (Phi) is 11.9. The van der Waals surface area contributed by atoms with Crippen LogP contribution in [0.25, 0.3) is 16.8 Å². The van der Waals surface area contributed by atoms with Crippen molar-refractivity contribution in [1.82, 2.24) is 14.5 Å². The lowest BCUT2D eigenvalue weighted by Crippen LogP contribution is -2.31. The van der Waals surface area contributed by atoms with E-state index in [-0.39, 0.29) is 65.4 Å². The predicted octanol–water partition coefficient (Wildman–Crippen LogP) is 7.34. The molecule has 1 heterocycles. The molecule has 0 atom stereocenters. The number of hydrogen-bond donors (Lipinski definition) is 2. The van der Waals surface area contributed by atoms with Crippen molar-refractivity contribution >= 4 is 27.5 Å². The van der Waals surface area contributed by atoms with E-state index < -0.39 is 61.4 Å². The van der Waals surface area contributed by atoms with E-state index in [1.165, 1.54) is 48.5 Å². The second-order valence-electron chi connectivity index (χ2n) is 11.9. The molecule has 16 heteroatoms. The Balaban J connectivity index is 1.52. The van der Waals surface area contributed by atoms with Crippen LogP contribution >= 0.6 is 0 Å². The van der Waals surface area contributed by atoms with Gasteiger partial charge in [0, 0.05) is 29.8 Å². The SMILES string of the molecule is CCCc1nn(-c2cc(NC(=O)COCC)ccc2C(F)(F)F)c(C#N)c1Cc1ccc(-c2ccccc2S(=O)(=O)NC(=O)c2ccccc2F)cc1F. The maximum Gasteiger partial charge on any atom is 0.418 e. The van der Waals surface area contributed by atoms with Crippen LogP contribution < -0.4 is 10.0 Å². The van der Waals surface area contributed by atoms with Crippen molar-refractivity contribution in [3.63, 3.8) is 0 Å². The molecule has 1 aromatic heterocycles. The summed E-state index contributed by atoms with van der Waals surface area (Å²) in [5.41, 5.74) is -1.90. The van der Waals surface area contributed by atoms with E-state index >= 15 is 4.39 Å². The lowest BCUT2D eigenvalue weighted by atomic mass is 9.97. The molecule has 2 N–H and O–H groups in total. The molecule has 0 saturated carbocycles. The molecule has 0 saturated heterocycles. The summed E-state index contributed by atoms with van der Waals surface area (Å²) in [6.45, 7) is 3.37. The number of benzene rings is 4. The number of rotatable bonds is 13. The van der Waals surface area contributed by atoms with Crippen molar-refractivity contribution in [2.24, 2.45) is 0 Å². The van der Waals surface area contributed by atoms with Gasteiger partial charge in [-0.25, -0.2) is 26.6 Å². The van der Waals surface area contributed by atoms with Crippen molar-refractivity contribution in [2.75, 3.05) is 18.5 Å². The molecule has 0 aliphatic carbocycles. The highest BCUT2D eigenvalue weighted by Gasteiger charge is 2.36. The van der Waals surface area contributed by atoms with Gasteiger partial charge in [-0.15, -0.1) is 0 Å². The molecule has 0 radical (unpaired) electrons. The second-order valence-corrected chi connectivity index (χ2v) is 13.5. The molecule has 0 spiro atoms. The summed E-state index contributed by atoms with van der Waals surface area (Å²) in [5.74, 6) is -3.58. The minimum Gasteiger partial charge on any atom is -0.372 e. The summed E-state index contributed by atoms with van der Waals surface area (Å²) in [7, 11) is -4.59. The Labute approximate surface area is 307 Å². The van der Waals surface area contributed by atoms with E-state index in [4.69, 9.17) is 4.74 Å². The van der Waals surface area contributed by atoms with E-state index in [9.17, 15) is 40.8 Å². The molecule has 2 amide bonds. The molecule has 0 aliphatic heterocycles. The highest BCUT2D eigenvalue weighted by atomic mass is 32.2. The third kappa shape index (κ3) is 8.64. The zero-order chi connectivity index (χ0) is 39.2. The number of nitrogens with zero attached hydrogens (tertiary/aromatic N) is 3. The molecule has 0 aliphatic rings. The van der Waals surface area contributed by atoms with E-state index in [0.717, 1.165) is 41.1 Å². The van der Waals surface area contributed by atoms with E-state index in [1.807, 2.05) is 10.8 Å². The number of ether oxygens (including phenoxy) is 1. The number of nitriles is 1. The van der Waals surface area contributed by atoms with E-state index in [2.05, 4.69) is 10.4 Å². The Morgan fingerprint density at radius 3 is 2.33 bits per heavy atom. The molecule has 0 unspecified atom stereocenters. The Morgan fingerprint density at radius 2 is 1.67 bits per heavy atom. The number of carbonyl (C=O) groups excluding carboxylic acids is 2. The Hall–Kier alpha value is -5.92. The van der Waals surface area contributed by atoms with Gasteiger partial charge in [-0.05, 0) is 66.9 Å². The highest BCUT2D eigenvalue weighted by molar-refractivity contribution is 7.90. The minimum atomic E-state index is -4.88. The first-order chi connectivity index (χ1) is 25.7. The number of alkyl halides is 3. The van der Waals surface area contributed by atoms with Crippen LogP contribution in [0, 0.1) is 23.0 Å². The van der Waals surface area contributed by atoms with Gasteiger partial charge in [-0.2, -0.15) is 23.5 Å². The van der Waals surface area contributed by atoms with Crippen molar-refractivity contribution in [1.29, 1.82) is 5.26 Å². The van der Waals surface area contributed by atoms with Crippen molar-refractivity contribution in [3.8, 4) is 22.9 Å². The van der Waals surface area contributed by atoms with Gasteiger partial charge in [0.2, 0.25) is 5.91 Å². The monoisotopic (exact) mass is 765 g/mol.